The number of amides is 2. The lowest BCUT2D eigenvalue weighted by molar-refractivity contribution is 0.247. The van der Waals surface area contributed by atoms with E-state index >= 15 is 0 Å². The molecule has 2 amide bonds. The van der Waals surface area contributed by atoms with Gasteiger partial charge in [0.05, 0.1) is 10.6 Å². The van der Waals surface area contributed by atoms with Crippen LogP contribution in [0, 0.1) is 0 Å². The predicted octanol–water partition coefficient (Wildman–Crippen LogP) is 0.426. The highest BCUT2D eigenvalue weighted by atomic mass is 32.2. The molecule has 0 spiro atoms. The van der Waals surface area contributed by atoms with Crippen LogP contribution in [-0.4, -0.2) is 27.2 Å². The summed E-state index contributed by atoms with van der Waals surface area (Å²) in [7, 11) is -1.58. The van der Waals surface area contributed by atoms with Crippen LogP contribution in [0.3, 0.4) is 0 Å². The van der Waals surface area contributed by atoms with E-state index in [9.17, 15) is 13.2 Å². The molecule has 6 nitrogen and oxygen atoms in total. The Morgan fingerprint density at radius 2 is 2.17 bits per heavy atom. The minimum absolute atomic E-state index is 0.193. The van der Waals surface area contributed by atoms with E-state index in [0.717, 1.165) is 5.56 Å². The topological polar surface area (TPSA) is 92.5 Å². The molecule has 1 aliphatic heterocycles. The summed E-state index contributed by atoms with van der Waals surface area (Å²) in [6.45, 7) is 0. The Labute approximate surface area is 106 Å². The molecule has 1 aliphatic rings. The average Bonchev–Trinajstić information content (AvgIpc) is 2.36. The van der Waals surface area contributed by atoms with E-state index in [-0.39, 0.29) is 5.75 Å². The number of hydrazine groups is 1. The number of nitrogens with two attached hydrogens (primary N) is 1. The van der Waals surface area contributed by atoms with Crippen molar-refractivity contribution in [2.75, 3.05) is 17.7 Å². The first kappa shape index (κ1) is 12.8. The van der Waals surface area contributed by atoms with Crippen LogP contribution in [0.25, 0.3) is 0 Å². The van der Waals surface area contributed by atoms with Crippen LogP contribution < -0.4 is 16.2 Å². The summed E-state index contributed by atoms with van der Waals surface area (Å²) in [6, 6.07) is 4.44. The molecule has 0 aromatic heterocycles. The fraction of sp³-hybridized carbons (Fsp3) is 0.364. The van der Waals surface area contributed by atoms with E-state index in [4.69, 9.17) is 5.84 Å². The van der Waals surface area contributed by atoms with Gasteiger partial charge in [0, 0.05) is 12.7 Å². The van der Waals surface area contributed by atoms with Crippen LogP contribution in [0.5, 0.6) is 0 Å². The zero-order chi connectivity index (χ0) is 13.3. The average molecular weight is 269 g/mol. The van der Waals surface area contributed by atoms with Crippen molar-refractivity contribution < 1.29 is 13.2 Å². The van der Waals surface area contributed by atoms with Gasteiger partial charge in [0.15, 0.2) is 9.84 Å². The number of nitrogens with one attached hydrogen (secondary N) is 1. The van der Waals surface area contributed by atoms with Crippen LogP contribution >= 0.6 is 0 Å². The molecule has 0 unspecified atom stereocenters. The number of urea groups is 1. The van der Waals surface area contributed by atoms with Gasteiger partial charge in [-0.05, 0) is 36.6 Å². The van der Waals surface area contributed by atoms with Gasteiger partial charge in [-0.2, -0.15) is 0 Å². The third-order valence-electron chi connectivity index (χ3n) is 3.05. The van der Waals surface area contributed by atoms with Crippen molar-refractivity contribution in [2.24, 2.45) is 5.84 Å². The van der Waals surface area contributed by atoms with Crippen LogP contribution in [0.4, 0.5) is 10.5 Å². The van der Waals surface area contributed by atoms with Gasteiger partial charge in [-0.1, -0.05) is 0 Å². The highest BCUT2D eigenvalue weighted by Crippen LogP contribution is 2.28. The Bertz CT molecular complexity index is 583. The first-order valence-corrected chi connectivity index (χ1v) is 7.21. The summed E-state index contributed by atoms with van der Waals surface area (Å²) >= 11 is 0. The Kier molecular flexibility index (Phi) is 3.27. The van der Waals surface area contributed by atoms with Crippen LogP contribution in [-0.2, 0) is 16.3 Å². The SMILES string of the molecule is CN(C(=O)NN)c1ccc2c(c1)CCCS2(=O)=O. The smallest absolute Gasteiger partial charge is 0.296 e. The molecule has 0 atom stereocenters. The van der Waals surface area contributed by atoms with Crippen molar-refractivity contribution in [2.45, 2.75) is 17.7 Å². The maximum Gasteiger partial charge on any atom is 0.335 e. The number of sulfone groups is 1. The van der Waals surface area contributed by atoms with Gasteiger partial charge in [0.25, 0.3) is 0 Å². The standard InChI is InChI=1S/C11H15N3O3S/c1-14(11(15)13-12)9-4-5-10-8(7-9)3-2-6-18(10,16)17/h4-5,7H,2-3,6,12H2,1H3,(H,13,15). The molecule has 0 fully saturated rings. The zero-order valence-electron chi connectivity index (χ0n) is 10.0. The summed E-state index contributed by atoms with van der Waals surface area (Å²) in [5.41, 5.74) is 3.41. The van der Waals surface area contributed by atoms with Crippen molar-refractivity contribution in [1.29, 1.82) is 0 Å². The second kappa shape index (κ2) is 4.58. The number of carbonyl (C=O) groups excluding carboxylic acids is 1. The van der Waals surface area contributed by atoms with Gasteiger partial charge in [0.2, 0.25) is 0 Å². The monoisotopic (exact) mass is 269 g/mol. The van der Waals surface area contributed by atoms with Crippen LogP contribution in [0.15, 0.2) is 23.1 Å². The molecule has 0 aliphatic carbocycles. The lowest BCUT2D eigenvalue weighted by Gasteiger charge is -2.21. The fourth-order valence-corrected chi connectivity index (χ4v) is 3.63. The Morgan fingerprint density at radius 3 is 2.83 bits per heavy atom. The molecule has 18 heavy (non-hydrogen) atoms. The normalized spacial score (nSPS) is 16.8. The Balaban J connectivity index is 2.42. The summed E-state index contributed by atoms with van der Waals surface area (Å²) in [6.07, 6.45) is 1.33. The van der Waals surface area contributed by atoms with Crippen molar-refractivity contribution >= 4 is 21.6 Å². The quantitative estimate of drug-likeness (QED) is 0.439. The Morgan fingerprint density at radius 1 is 1.44 bits per heavy atom. The number of benzene rings is 1. The summed E-state index contributed by atoms with van der Waals surface area (Å²) in [4.78, 5) is 13.1. The molecule has 2 rings (SSSR count). The molecule has 3 N–H and O–H groups in total. The van der Waals surface area contributed by atoms with E-state index in [1.165, 1.54) is 4.90 Å². The Hall–Kier alpha value is -1.60. The largest absolute Gasteiger partial charge is 0.335 e. The molecule has 0 saturated heterocycles. The number of rotatable bonds is 1. The number of aryl methyl sites for hydroxylation is 1. The minimum Gasteiger partial charge on any atom is -0.296 e. The van der Waals surface area contributed by atoms with Gasteiger partial charge in [-0.25, -0.2) is 19.1 Å². The minimum atomic E-state index is -3.15. The lowest BCUT2D eigenvalue weighted by Crippen LogP contribution is -2.41. The van der Waals surface area contributed by atoms with Crippen molar-refractivity contribution in [3.63, 3.8) is 0 Å². The summed E-state index contributed by atoms with van der Waals surface area (Å²) < 4.78 is 23.7. The molecule has 1 heterocycles. The number of carbonyl (C=O) groups is 1. The third kappa shape index (κ3) is 2.19. The van der Waals surface area contributed by atoms with Crippen LogP contribution in [0.1, 0.15) is 12.0 Å². The summed E-state index contributed by atoms with van der Waals surface area (Å²) in [5.74, 6) is 5.25. The molecule has 1 aromatic carbocycles. The first-order chi connectivity index (χ1) is 8.45. The molecule has 1 aromatic rings. The first-order valence-electron chi connectivity index (χ1n) is 5.55. The van der Waals surface area contributed by atoms with E-state index in [0.29, 0.717) is 23.4 Å². The van der Waals surface area contributed by atoms with Gasteiger partial charge in [-0.15, -0.1) is 0 Å². The van der Waals surface area contributed by atoms with Crippen molar-refractivity contribution in [3.8, 4) is 0 Å². The number of hydrogen-bond donors (Lipinski definition) is 2. The highest BCUT2D eigenvalue weighted by molar-refractivity contribution is 7.91. The molecule has 0 radical (unpaired) electrons. The van der Waals surface area contributed by atoms with E-state index in [2.05, 4.69) is 0 Å². The molecular weight excluding hydrogens is 254 g/mol. The van der Waals surface area contributed by atoms with E-state index in [1.54, 1.807) is 25.2 Å². The molecule has 0 saturated carbocycles. The van der Waals surface area contributed by atoms with Gasteiger partial charge in [-0.3, -0.25) is 10.3 Å². The van der Waals surface area contributed by atoms with E-state index < -0.39 is 15.9 Å². The molecular formula is C11H15N3O3S. The maximum atomic E-state index is 11.8. The molecule has 7 heteroatoms. The van der Waals surface area contributed by atoms with E-state index in [1.807, 2.05) is 5.43 Å². The number of nitrogens with zero attached hydrogens (tertiary/aromatic N) is 1. The zero-order valence-corrected chi connectivity index (χ0v) is 10.8. The molecule has 98 valence electrons. The van der Waals surface area contributed by atoms with Crippen molar-refractivity contribution in [3.05, 3.63) is 23.8 Å². The van der Waals surface area contributed by atoms with Crippen LogP contribution in [0.2, 0.25) is 0 Å². The number of hydrogen-bond acceptors (Lipinski definition) is 4. The lowest BCUT2D eigenvalue weighted by atomic mass is 10.1. The van der Waals surface area contributed by atoms with Gasteiger partial charge in [0.1, 0.15) is 0 Å². The van der Waals surface area contributed by atoms with Crippen molar-refractivity contribution in [1.82, 2.24) is 5.43 Å². The fourth-order valence-electron chi connectivity index (χ4n) is 2.05. The predicted molar refractivity (Wildman–Crippen MR) is 67.9 cm³/mol. The van der Waals surface area contributed by atoms with Gasteiger partial charge >= 0.3 is 6.03 Å². The second-order valence-corrected chi connectivity index (χ2v) is 6.30. The number of anilines is 1. The highest BCUT2D eigenvalue weighted by Gasteiger charge is 2.24. The number of fused-ring (bicyclic) bond motifs is 1. The molecule has 0 bridgehead atoms. The maximum absolute atomic E-state index is 11.8. The second-order valence-electron chi connectivity index (χ2n) is 4.22. The third-order valence-corrected chi connectivity index (χ3v) is 4.95. The summed E-state index contributed by atoms with van der Waals surface area (Å²) in [5, 5.41) is 0. The van der Waals surface area contributed by atoms with Gasteiger partial charge < -0.3 is 0 Å².